The molecular weight excluding hydrogens is 368 g/mol. The van der Waals surface area contributed by atoms with E-state index in [9.17, 15) is 9.90 Å². The van der Waals surface area contributed by atoms with Gasteiger partial charge in [0.25, 0.3) is 5.91 Å². The van der Waals surface area contributed by atoms with Gasteiger partial charge in [-0.2, -0.15) is 0 Å². The van der Waals surface area contributed by atoms with Crippen LogP contribution in [-0.2, 0) is 11.2 Å². The Hall–Kier alpha value is -2.90. The molecule has 154 valence electrons. The van der Waals surface area contributed by atoms with E-state index in [1.54, 1.807) is 12.1 Å². The molecule has 3 N–H and O–H groups in total. The third-order valence-electron chi connectivity index (χ3n) is 4.78. The maximum Gasteiger partial charge on any atom is 0.258 e. The molecule has 0 aromatic heterocycles. The molecule has 0 radical (unpaired) electrons. The van der Waals surface area contributed by atoms with Crippen LogP contribution in [0.1, 0.15) is 22.8 Å². The van der Waals surface area contributed by atoms with Gasteiger partial charge in [0.05, 0.1) is 19.8 Å². The lowest BCUT2D eigenvalue weighted by Gasteiger charge is -2.25. The fourth-order valence-electron chi connectivity index (χ4n) is 3.14. The topological polar surface area (TPSA) is 86.2 Å². The van der Waals surface area contributed by atoms with Gasteiger partial charge < -0.3 is 15.2 Å². The Morgan fingerprint density at radius 1 is 1.17 bits per heavy atom. The maximum absolute atomic E-state index is 12.6. The zero-order valence-corrected chi connectivity index (χ0v) is 16.7. The van der Waals surface area contributed by atoms with Gasteiger partial charge in [-0.15, -0.1) is 0 Å². The van der Waals surface area contributed by atoms with Crippen molar-refractivity contribution in [2.45, 2.75) is 13.3 Å². The number of hydrogen-bond donors (Lipinski definition) is 3. The average molecular weight is 396 g/mol. The Morgan fingerprint density at radius 2 is 1.97 bits per heavy atom. The van der Waals surface area contributed by atoms with Crippen molar-refractivity contribution in [3.63, 3.8) is 0 Å². The molecule has 0 saturated carbocycles. The number of amides is 1. The Labute approximate surface area is 171 Å². The number of aliphatic imine (C=N–C) groups is 1. The number of nitrogens with zero attached hydrogens (tertiary/aromatic N) is 2. The van der Waals surface area contributed by atoms with E-state index in [2.05, 4.69) is 27.4 Å². The molecule has 0 atom stereocenters. The molecule has 0 bridgehead atoms. The normalized spacial score (nSPS) is 15.1. The molecule has 2 aromatic carbocycles. The highest BCUT2D eigenvalue weighted by Gasteiger charge is 2.13. The molecule has 3 rings (SSSR count). The van der Waals surface area contributed by atoms with Gasteiger partial charge in [-0.25, -0.2) is 0 Å². The third-order valence-corrected chi connectivity index (χ3v) is 4.78. The highest BCUT2D eigenvalue weighted by Crippen LogP contribution is 2.15. The summed E-state index contributed by atoms with van der Waals surface area (Å²) in [5, 5.41) is 15.8. The second-order valence-electron chi connectivity index (χ2n) is 6.82. The van der Waals surface area contributed by atoms with E-state index in [1.807, 2.05) is 24.3 Å². The molecule has 0 unspecified atom stereocenters. The van der Waals surface area contributed by atoms with Crippen molar-refractivity contribution < 1.29 is 14.6 Å². The molecule has 0 spiro atoms. The number of rotatable bonds is 6. The van der Waals surface area contributed by atoms with Crippen molar-refractivity contribution in [3.05, 3.63) is 59.7 Å². The lowest BCUT2D eigenvalue weighted by Crippen LogP contribution is -2.39. The summed E-state index contributed by atoms with van der Waals surface area (Å²) in [5.74, 6) is 0.118. The minimum atomic E-state index is -0.326. The minimum absolute atomic E-state index is 0.0488. The van der Waals surface area contributed by atoms with Crippen LogP contribution in [0, 0.1) is 0 Å². The lowest BCUT2D eigenvalue weighted by molar-refractivity contribution is 0.0394. The molecule has 29 heavy (non-hydrogen) atoms. The summed E-state index contributed by atoms with van der Waals surface area (Å²) in [4.78, 5) is 19.5. The van der Waals surface area contributed by atoms with E-state index >= 15 is 0 Å². The summed E-state index contributed by atoms with van der Waals surface area (Å²) in [7, 11) is 0. The summed E-state index contributed by atoms with van der Waals surface area (Å²) < 4.78 is 5.38. The van der Waals surface area contributed by atoms with Crippen LogP contribution in [0.5, 0.6) is 5.75 Å². The van der Waals surface area contributed by atoms with E-state index in [-0.39, 0.29) is 11.7 Å². The molecule has 2 aromatic rings. The molecule has 1 saturated heterocycles. The number of anilines is 1. The minimum Gasteiger partial charge on any atom is -0.508 e. The molecule has 0 aliphatic carbocycles. The highest BCUT2D eigenvalue weighted by molar-refractivity contribution is 6.10. The van der Waals surface area contributed by atoms with E-state index in [0.717, 1.165) is 50.5 Å². The van der Waals surface area contributed by atoms with Gasteiger partial charge >= 0.3 is 0 Å². The largest absolute Gasteiger partial charge is 0.508 e. The van der Waals surface area contributed by atoms with Crippen LogP contribution in [0.4, 0.5) is 5.69 Å². The van der Waals surface area contributed by atoms with E-state index in [0.29, 0.717) is 18.1 Å². The number of phenolic OH excluding ortho intramolecular Hbond substituents is 1. The van der Waals surface area contributed by atoms with Crippen LogP contribution in [-0.4, -0.2) is 61.3 Å². The number of guanidine groups is 1. The fraction of sp³-hybridized carbons (Fsp3) is 0.364. The first-order valence-corrected chi connectivity index (χ1v) is 9.95. The second kappa shape index (κ2) is 10.6. The van der Waals surface area contributed by atoms with Gasteiger partial charge in [0.2, 0.25) is 5.96 Å². The molecule has 1 amide bonds. The number of nitrogens with one attached hydrogen (secondary N) is 2. The number of ether oxygens (including phenoxy) is 1. The number of aromatic hydroxyl groups is 1. The van der Waals surface area contributed by atoms with Crippen molar-refractivity contribution in [1.82, 2.24) is 10.2 Å². The number of morpholine rings is 1. The molecule has 1 aliphatic rings. The van der Waals surface area contributed by atoms with Crippen LogP contribution in [0.3, 0.4) is 0 Å². The Morgan fingerprint density at radius 3 is 2.72 bits per heavy atom. The summed E-state index contributed by atoms with van der Waals surface area (Å²) in [6, 6.07) is 14.2. The number of carbonyl (C=O) groups excluding carboxylic acids is 1. The van der Waals surface area contributed by atoms with Gasteiger partial charge in [-0.3, -0.25) is 20.0 Å². The number of para-hydroxylation sites is 1. The molecule has 7 nitrogen and oxygen atoms in total. The number of aryl methyl sites for hydroxylation is 1. The van der Waals surface area contributed by atoms with Gasteiger partial charge in [-0.1, -0.05) is 31.2 Å². The fourth-order valence-corrected chi connectivity index (χ4v) is 3.14. The number of benzene rings is 2. The van der Waals surface area contributed by atoms with Crippen LogP contribution >= 0.6 is 0 Å². The summed E-state index contributed by atoms with van der Waals surface area (Å²) in [5.41, 5.74) is 2.42. The van der Waals surface area contributed by atoms with E-state index < -0.39 is 0 Å². The van der Waals surface area contributed by atoms with Gasteiger partial charge in [0.1, 0.15) is 5.75 Å². The summed E-state index contributed by atoms with van der Waals surface area (Å²) in [6.07, 6.45) is 0.866. The first-order chi connectivity index (χ1) is 14.2. The van der Waals surface area contributed by atoms with Crippen LogP contribution in [0.2, 0.25) is 0 Å². The SMILES string of the molecule is CCc1ccccc1NC(=NCCN1CCOCC1)NC(=O)c1cccc(O)c1. The molecule has 7 heteroatoms. The van der Waals surface area contributed by atoms with E-state index in [1.165, 1.54) is 12.1 Å². The van der Waals surface area contributed by atoms with Crippen molar-refractivity contribution in [2.75, 3.05) is 44.7 Å². The van der Waals surface area contributed by atoms with Crippen LogP contribution in [0.25, 0.3) is 0 Å². The van der Waals surface area contributed by atoms with Crippen LogP contribution < -0.4 is 10.6 Å². The molecular formula is C22H28N4O3. The average Bonchev–Trinajstić information content (AvgIpc) is 2.75. The predicted molar refractivity (Wildman–Crippen MR) is 115 cm³/mol. The van der Waals surface area contributed by atoms with Gasteiger partial charge in [0.15, 0.2) is 0 Å². The Balaban J connectivity index is 1.72. The lowest BCUT2D eigenvalue weighted by atomic mass is 10.1. The summed E-state index contributed by atoms with van der Waals surface area (Å²) in [6.45, 7) is 6.71. The van der Waals surface area contributed by atoms with Crippen molar-refractivity contribution in [1.29, 1.82) is 0 Å². The molecule has 1 fully saturated rings. The molecule has 1 aliphatic heterocycles. The van der Waals surface area contributed by atoms with Crippen molar-refractivity contribution in [3.8, 4) is 5.75 Å². The Bertz CT molecular complexity index is 847. The van der Waals surface area contributed by atoms with Gasteiger partial charge in [-0.05, 0) is 36.2 Å². The predicted octanol–water partition coefficient (Wildman–Crippen LogP) is 2.48. The monoisotopic (exact) mass is 396 g/mol. The van der Waals surface area contributed by atoms with Crippen molar-refractivity contribution in [2.24, 2.45) is 4.99 Å². The number of hydrogen-bond acceptors (Lipinski definition) is 5. The van der Waals surface area contributed by atoms with Gasteiger partial charge in [0, 0.05) is 30.9 Å². The first-order valence-electron chi connectivity index (χ1n) is 9.95. The number of phenols is 1. The quantitative estimate of drug-likeness (QED) is 0.516. The van der Waals surface area contributed by atoms with Crippen LogP contribution in [0.15, 0.2) is 53.5 Å². The standard InChI is InChI=1S/C22H28N4O3/c1-2-17-6-3-4-9-20(17)24-22(23-10-11-26-12-14-29-15-13-26)25-21(28)18-7-5-8-19(27)16-18/h3-9,16,27H,2,10-15H2,1H3,(H2,23,24,25,28). The zero-order chi connectivity index (χ0) is 20.5. The maximum atomic E-state index is 12.6. The first kappa shape index (κ1) is 20.8. The second-order valence-corrected chi connectivity index (χ2v) is 6.82. The van der Waals surface area contributed by atoms with Crippen molar-refractivity contribution >= 4 is 17.6 Å². The third kappa shape index (κ3) is 6.30. The Kier molecular flexibility index (Phi) is 7.61. The smallest absolute Gasteiger partial charge is 0.258 e. The number of carbonyl (C=O) groups is 1. The zero-order valence-electron chi connectivity index (χ0n) is 16.7. The summed E-state index contributed by atoms with van der Waals surface area (Å²) >= 11 is 0. The highest BCUT2D eigenvalue weighted by atomic mass is 16.5. The van der Waals surface area contributed by atoms with E-state index in [4.69, 9.17) is 4.74 Å². The molecule has 1 heterocycles.